The molecule has 1 fully saturated rings. The maximum Gasteiger partial charge on any atom is 0.221 e. The Hall–Kier alpha value is -2.24. The van der Waals surface area contributed by atoms with Crippen LogP contribution in [0.3, 0.4) is 0 Å². The highest BCUT2D eigenvalue weighted by atomic mass is 16.5. The topological polar surface area (TPSA) is 74.8 Å². The van der Waals surface area contributed by atoms with Gasteiger partial charge in [0.1, 0.15) is 5.75 Å². The van der Waals surface area contributed by atoms with Crippen LogP contribution in [-0.2, 0) is 11.3 Å². The minimum absolute atomic E-state index is 0.116. The second kappa shape index (κ2) is 11.5. The number of nitrogens with one attached hydrogen (secondary N) is 3. The van der Waals surface area contributed by atoms with Gasteiger partial charge in [0.05, 0.1) is 13.7 Å². The van der Waals surface area contributed by atoms with E-state index >= 15 is 0 Å². The van der Waals surface area contributed by atoms with Crippen molar-refractivity contribution >= 4 is 11.9 Å². The zero-order valence-electron chi connectivity index (χ0n) is 16.9. The first-order valence-corrected chi connectivity index (χ1v) is 10.1. The standard InChI is InChI=1S/C21H34N4O2/c1-4-22-21(24-15-17-11-10-16(2)14-19(17)27-3)23-13-12-20(26)25-18-8-6-5-7-9-18/h10-11,14,18H,4-9,12-13,15H2,1-3H3,(H,25,26)(H2,22,23,24). The molecule has 0 bridgehead atoms. The maximum atomic E-state index is 12.1. The number of ether oxygens (including phenoxy) is 1. The van der Waals surface area contributed by atoms with Gasteiger partial charge in [0.2, 0.25) is 5.91 Å². The molecule has 0 radical (unpaired) electrons. The molecule has 0 aliphatic heterocycles. The summed E-state index contributed by atoms with van der Waals surface area (Å²) in [7, 11) is 1.68. The van der Waals surface area contributed by atoms with E-state index in [2.05, 4.69) is 27.0 Å². The number of hydrogen-bond acceptors (Lipinski definition) is 3. The largest absolute Gasteiger partial charge is 0.496 e. The molecular weight excluding hydrogens is 340 g/mol. The molecule has 1 aromatic rings. The predicted octanol–water partition coefficient (Wildman–Crippen LogP) is 2.90. The predicted molar refractivity (Wildman–Crippen MR) is 110 cm³/mol. The Balaban J connectivity index is 1.81. The van der Waals surface area contributed by atoms with Crippen LogP contribution >= 0.6 is 0 Å². The van der Waals surface area contributed by atoms with E-state index < -0.39 is 0 Å². The summed E-state index contributed by atoms with van der Waals surface area (Å²) >= 11 is 0. The smallest absolute Gasteiger partial charge is 0.221 e. The summed E-state index contributed by atoms with van der Waals surface area (Å²) in [6.45, 7) is 5.92. The number of aliphatic imine (C=N–C) groups is 1. The summed E-state index contributed by atoms with van der Waals surface area (Å²) in [5.41, 5.74) is 2.20. The molecule has 0 heterocycles. The third-order valence-corrected chi connectivity index (χ3v) is 4.81. The van der Waals surface area contributed by atoms with E-state index in [9.17, 15) is 4.79 Å². The van der Waals surface area contributed by atoms with Crippen LogP contribution in [0.5, 0.6) is 5.75 Å². The highest BCUT2D eigenvalue weighted by Gasteiger charge is 2.15. The maximum absolute atomic E-state index is 12.1. The second-order valence-electron chi connectivity index (χ2n) is 7.09. The molecule has 0 spiro atoms. The fraction of sp³-hybridized carbons (Fsp3) is 0.619. The first kappa shape index (κ1) is 21.1. The van der Waals surface area contributed by atoms with E-state index in [1.807, 2.05) is 26.0 Å². The van der Waals surface area contributed by atoms with Crippen molar-refractivity contribution < 1.29 is 9.53 Å². The van der Waals surface area contributed by atoms with Gasteiger partial charge in [-0.25, -0.2) is 4.99 Å². The van der Waals surface area contributed by atoms with Gasteiger partial charge in [-0.05, 0) is 38.3 Å². The fourth-order valence-electron chi connectivity index (χ4n) is 3.33. The van der Waals surface area contributed by atoms with Crippen molar-refractivity contribution in [3.63, 3.8) is 0 Å². The average molecular weight is 375 g/mol. The summed E-state index contributed by atoms with van der Waals surface area (Å²) in [6, 6.07) is 6.48. The SMILES string of the molecule is CCNC(=NCc1ccc(C)cc1OC)NCCC(=O)NC1CCCCC1. The fourth-order valence-corrected chi connectivity index (χ4v) is 3.33. The lowest BCUT2D eigenvalue weighted by molar-refractivity contribution is -0.121. The van der Waals surface area contributed by atoms with Gasteiger partial charge in [-0.1, -0.05) is 31.4 Å². The van der Waals surface area contributed by atoms with E-state index in [4.69, 9.17) is 4.74 Å². The van der Waals surface area contributed by atoms with E-state index in [1.54, 1.807) is 7.11 Å². The van der Waals surface area contributed by atoms with Gasteiger partial charge in [0.25, 0.3) is 0 Å². The van der Waals surface area contributed by atoms with Crippen molar-refractivity contribution in [3.05, 3.63) is 29.3 Å². The van der Waals surface area contributed by atoms with Crippen molar-refractivity contribution in [1.29, 1.82) is 0 Å². The molecule has 27 heavy (non-hydrogen) atoms. The third-order valence-electron chi connectivity index (χ3n) is 4.81. The number of carbonyl (C=O) groups is 1. The molecule has 1 aliphatic carbocycles. The number of aryl methyl sites for hydroxylation is 1. The van der Waals surface area contributed by atoms with E-state index in [0.717, 1.165) is 36.3 Å². The molecule has 2 rings (SSSR count). The van der Waals surface area contributed by atoms with Gasteiger partial charge in [-0.15, -0.1) is 0 Å². The Morgan fingerprint density at radius 3 is 2.70 bits per heavy atom. The van der Waals surface area contributed by atoms with Crippen LogP contribution in [0.2, 0.25) is 0 Å². The van der Waals surface area contributed by atoms with Crippen LogP contribution in [0, 0.1) is 6.92 Å². The zero-order valence-corrected chi connectivity index (χ0v) is 16.9. The van der Waals surface area contributed by atoms with Crippen LogP contribution in [0.25, 0.3) is 0 Å². The molecule has 6 nitrogen and oxygen atoms in total. The molecule has 1 aliphatic rings. The van der Waals surface area contributed by atoms with Crippen molar-refractivity contribution in [2.24, 2.45) is 4.99 Å². The normalized spacial score (nSPS) is 15.3. The minimum atomic E-state index is 0.116. The summed E-state index contributed by atoms with van der Waals surface area (Å²) < 4.78 is 5.44. The number of nitrogens with zero attached hydrogens (tertiary/aromatic N) is 1. The highest BCUT2D eigenvalue weighted by molar-refractivity contribution is 5.81. The van der Waals surface area contributed by atoms with Crippen LogP contribution < -0.4 is 20.7 Å². The molecule has 1 amide bonds. The van der Waals surface area contributed by atoms with Gasteiger partial charge < -0.3 is 20.7 Å². The first-order valence-electron chi connectivity index (χ1n) is 10.1. The van der Waals surface area contributed by atoms with E-state index in [-0.39, 0.29) is 5.91 Å². The third kappa shape index (κ3) is 7.49. The number of amides is 1. The molecule has 3 N–H and O–H groups in total. The lowest BCUT2D eigenvalue weighted by atomic mass is 9.95. The average Bonchev–Trinajstić information content (AvgIpc) is 2.67. The summed E-state index contributed by atoms with van der Waals surface area (Å²) in [4.78, 5) is 16.7. The summed E-state index contributed by atoms with van der Waals surface area (Å²) in [5.74, 6) is 1.68. The van der Waals surface area contributed by atoms with Gasteiger partial charge in [-0.3, -0.25) is 4.79 Å². The lowest BCUT2D eigenvalue weighted by Gasteiger charge is -2.22. The monoisotopic (exact) mass is 374 g/mol. The van der Waals surface area contributed by atoms with Gasteiger partial charge in [-0.2, -0.15) is 0 Å². The molecule has 0 unspecified atom stereocenters. The van der Waals surface area contributed by atoms with Crippen LogP contribution in [-0.4, -0.2) is 38.1 Å². The van der Waals surface area contributed by atoms with Crippen LogP contribution in [0.1, 0.15) is 56.6 Å². The quantitative estimate of drug-likeness (QED) is 0.483. The Kier molecular flexibility index (Phi) is 8.95. The van der Waals surface area contributed by atoms with Crippen molar-refractivity contribution in [3.8, 4) is 5.75 Å². The molecule has 0 saturated heterocycles. The number of benzene rings is 1. The van der Waals surface area contributed by atoms with Gasteiger partial charge >= 0.3 is 0 Å². The van der Waals surface area contributed by atoms with Crippen molar-refractivity contribution in [2.75, 3.05) is 20.2 Å². The summed E-state index contributed by atoms with van der Waals surface area (Å²) in [6.07, 6.45) is 6.42. The minimum Gasteiger partial charge on any atom is -0.496 e. The van der Waals surface area contributed by atoms with Gasteiger partial charge in [0.15, 0.2) is 5.96 Å². The lowest BCUT2D eigenvalue weighted by Crippen LogP contribution is -2.41. The van der Waals surface area contributed by atoms with E-state index in [0.29, 0.717) is 31.5 Å². The number of rotatable bonds is 8. The summed E-state index contributed by atoms with van der Waals surface area (Å²) in [5, 5.41) is 9.62. The molecule has 6 heteroatoms. The Morgan fingerprint density at radius 1 is 1.22 bits per heavy atom. The Bertz CT molecular complexity index is 625. The molecule has 150 valence electrons. The molecule has 0 atom stereocenters. The molecule has 1 saturated carbocycles. The van der Waals surface area contributed by atoms with Gasteiger partial charge in [0, 0.05) is 31.1 Å². The number of methoxy groups -OCH3 is 1. The van der Waals surface area contributed by atoms with E-state index in [1.165, 1.54) is 19.3 Å². The zero-order chi connectivity index (χ0) is 19.5. The number of carbonyl (C=O) groups excluding carboxylic acids is 1. The second-order valence-corrected chi connectivity index (χ2v) is 7.09. The number of guanidine groups is 1. The first-order chi connectivity index (χ1) is 13.1. The Labute approximate surface area is 163 Å². The van der Waals surface area contributed by atoms with Crippen molar-refractivity contribution in [2.45, 2.75) is 65.0 Å². The Morgan fingerprint density at radius 2 is 2.00 bits per heavy atom. The molecule has 1 aromatic carbocycles. The van der Waals surface area contributed by atoms with Crippen LogP contribution in [0.15, 0.2) is 23.2 Å². The number of hydrogen-bond donors (Lipinski definition) is 3. The molecular formula is C21H34N4O2. The highest BCUT2D eigenvalue weighted by Crippen LogP contribution is 2.20. The van der Waals surface area contributed by atoms with Crippen molar-refractivity contribution in [1.82, 2.24) is 16.0 Å². The molecule has 0 aromatic heterocycles. The van der Waals surface area contributed by atoms with Crippen LogP contribution in [0.4, 0.5) is 0 Å².